The maximum absolute atomic E-state index is 11.5. The van der Waals surface area contributed by atoms with Gasteiger partial charge < -0.3 is 30.9 Å². The highest BCUT2D eigenvalue weighted by molar-refractivity contribution is 5.84. The summed E-state index contributed by atoms with van der Waals surface area (Å²) < 4.78 is 4.75. The largest absolute Gasteiger partial charge is 0.480 e. The van der Waals surface area contributed by atoms with Crippen LogP contribution in [-0.4, -0.2) is 71.8 Å². The summed E-state index contributed by atoms with van der Waals surface area (Å²) in [6.45, 7) is -1.80. The van der Waals surface area contributed by atoms with E-state index in [1.54, 1.807) is 0 Å². The van der Waals surface area contributed by atoms with E-state index in [0.717, 1.165) is 0 Å². The monoisotopic (exact) mass is 277 g/mol. The maximum Gasteiger partial charge on any atom is 0.323 e. The van der Waals surface area contributed by atoms with Crippen molar-refractivity contribution in [3.8, 4) is 0 Å². The predicted octanol–water partition coefficient (Wildman–Crippen LogP) is -2.33. The van der Waals surface area contributed by atoms with Gasteiger partial charge in [-0.05, 0) is 0 Å². The van der Waals surface area contributed by atoms with Gasteiger partial charge in [0, 0.05) is 6.54 Å². The lowest BCUT2D eigenvalue weighted by atomic mass is 10.5. The zero-order valence-electron chi connectivity index (χ0n) is 10.00. The topological polar surface area (TPSA) is 159 Å². The fourth-order valence-electron chi connectivity index (χ4n) is 1.04. The molecule has 0 aromatic rings. The van der Waals surface area contributed by atoms with Crippen molar-refractivity contribution in [3.63, 3.8) is 0 Å². The summed E-state index contributed by atoms with van der Waals surface area (Å²) in [4.78, 5) is 43.3. The molecule has 5 N–H and O–H groups in total. The molecule has 0 rings (SSSR count). The fraction of sp³-hybridized carbons (Fsp3) is 0.556. The number of nitrogens with one attached hydrogen (secondary N) is 1. The molecule has 0 unspecified atom stereocenters. The van der Waals surface area contributed by atoms with Crippen molar-refractivity contribution in [2.75, 3.05) is 32.8 Å². The Hall–Kier alpha value is -2.36. The Morgan fingerprint density at radius 3 is 2.05 bits per heavy atom. The summed E-state index contributed by atoms with van der Waals surface area (Å²) in [7, 11) is 0. The van der Waals surface area contributed by atoms with Crippen molar-refractivity contribution in [3.05, 3.63) is 0 Å². The molecule has 10 nitrogen and oxygen atoms in total. The minimum atomic E-state index is -1.33. The van der Waals surface area contributed by atoms with Crippen molar-refractivity contribution >= 4 is 23.9 Å². The number of urea groups is 1. The molecule has 0 spiro atoms. The molecule has 0 aromatic heterocycles. The first-order valence-corrected chi connectivity index (χ1v) is 5.15. The molecule has 0 aromatic carbocycles. The molecule has 0 atom stereocenters. The molecule has 0 heterocycles. The Labute approximate surface area is 108 Å². The van der Waals surface area contributed by atoms with Gasteiger partial charge in [-0.2, -0.15) is 0 Å². The lowest BCUT2D eigenvalue weighted by Crippen LogP contribution is -2.46. The molecule has 0 fully saturated rings. The van der Waals surface area contributed by atoms with E-state index in [-0.39, 0.29) is 19.8 Å². The summed E-state index contributed by atoms with van der Waals surface area (Å²) in [5.74, 6) is -3.33. The van der Waals surface area contributed by atoms with Gasteiger partial charge >= 0.3 is 18.0 Å². The number of carbonyl (C=O) groups excluding carboxylic acids is 2. The Morgan fingerprint density at radius 2 is 1.63 bits per heavy atom. The van der Waals surface area contributed by atoms with Gasteiger partial charge in [0.2, 0.25) is 5.91 Å². The zero-order chi connectivity index (χ0) is 14.8. The standard InChI is InChI=1S/C9H15N3O7/c10-6(13)5-19-2-1-11-9(18)12(3-7(14)15)4-8(16)17/h1-5H2,(H2,10,13)(H,11,18)(H,14,15)(H,16,17). The number of carboxylic acids is 2. The van der Waals surface area contributed by atoms with Gasteiger partial charge in [0.05, 0.1) is 6.61 Å². The first-order valence-electron chi connectivity index (χ1n) is 5.15. The van der Waals surface area contributed by atoms with Crippen LogP contribution in [0, 0.1) is 0 Å². The molecule has 0 bridgehead atoms. The molecule has 19 heavy (non-hydrogen) atoms. The van der Waals surface area contributed by atoms with Crippen LogP contribution in [0.5, 0.6) is 0 Å². The number of ether oxygens (including phenoxy) is 1. The third kappa shape index (κ3) is 9.35. The second-order valence-electron chi connectivity index (χ2n) is 3.39. The SMILES string of the molecule is NC(=O)COCCNC(=O)N(CC(=O)O)CC(=O)O. The van der Waals surface area contributed by atoms with E-state index >= 15 is 0 Å². The summed E-state index contributed by atoms with van der Waals surface area (Å²) >= 11 is 0. The number of aliphatic carboxylic acids is 2. The van der Waals surface area contributed by atoms with Gasteiger partial charge in [-0.3, -0.25) is 14.4 Å². The van der Waals surface area contributed by atoms with Crippen LogP contribution < -0.4 is 11.1 Å². The number of hydrogen-bond acceptors (Lipinski definition) is 5. The molecule has 0 aliphatic carbocycles. The summed E-state index contributed by atoms with van der Waals surface area (Å²) in [5, 5.41) is 19.3. The molecule has 0 aliphatic rings. The Bertz CT molecular complexity index is 342. The number of rotatable bonds is 9. The van der Waals surface area contributed by atoms with Crippen molar-refractivity contribution in [1.82, 2.24) is 10.2 Å². The van der Waals surface area contributed by atoms with Crippen molar-refractivity contribution < 1.29 is 34.1 Å². The number of carboxylic acid groups (broad SMARTS) is 2. The van der Waals surface area contributed by atoms with E-state index < -0.39 is 37.0 Å². The van der Waals surface area contributed by atoms with Crippen LogP contribution in [0.15, 0.2) is 0 Å². The quantitative estimate of drug-likeness (QED) is 0.344. The smallest absolute Gasteiger partial charge is 0.323 e. The van der Waals surface area contributed by atoms with E-state index in [9.17, 15) is 19.2 Å². The summed E-state index contributed by atoms with van der Waals surface area (Å²) in [6.07, 6.45) is 0. The van der Waals surface area contributed by atoms with Gasteiger partial charge in [0.25, 0.3) is 0 Å². The molecular formula is C9H15N3O7. The predicted molar refractivity (Wildman–Crippen MR) is 60.3 cm³/mol. The number of carbonyl (C=O) groups is 4. The Balaban J connectivity index is 4.06. The minimum Gasteiger partial charge on any atom is -0.480 e. The van der Waals surface area contributed by atoms with Gasteiger partial charge in [0.15, 0.2) is 0 Å². The first kappa shape index (κ1) is 16.6. The van der Waals surface area contributed by atoms with Gasteiger partial charge in [-0.1, -0.05) is 0 Å². The summed E-state index contributed by atoms with van der Waals surface area (Å²) in [6, 6.07) is -0.854. The van der Waals surface area contributed by atoms with E-state index in [2.05, 4.69) is 5.32 Å². The highest BCUT2D eigenvalue weighted by Crippen LogP contribution is 1.90. The van der Waals surface area contributed by atoms with Crippen LogP contribution in [0.4, 0.5) is 4.79 Å². The molecule has 0 saturated heterocycles. The van der Waals surface area contributed by atoms with Crippen LogP contribution in [0.3, 0.4) is 0 Å². The van der Waals surface area contributed by atoms with Crippen LogP contribution in [-0.2, 0) is 19.1 Å². The third-order valence-electron chi connectivity index (χ3n) is 1.71. The number of nitrogens with zero attached hydrogens (tertiary/aromatic N) is 1. The van der Waals surface area contributed by atoms with Gasteiger partial charge in [0.1, 0.15) is 19.7 Å². The highest BCUT2D eigenvalue weighted by Gasteiger charge is 2.18. The summed E-state index contributed by atoms with van der Waals surface area (Å²) in [5.41, 5.74) is 4.80. The molecular weight excluding hydrogens is 262 g/mol. The second kappa shape index (κ2) is 8.69. The minimum absolute atomic E-state index is 0.0112. The van der Waals surface area contributed by atoms with Crippen LogP contribution in [0.25, 0.3) is 0 Å². The van der Waals surface area contributed by atoms with Crippen LogP contribution in [0.2, 0.25) is 0 Å². The first-order chi connectivity index (χ1) is 8.82. The van der Waals surface area contributed by atoms with E-state index in [4.69, 9.17) is 20.7 Å². The van der Waals surface area contributed by atoms with E-state index in [1.165, 1.54) is 0 Å². The fourth-order valence-corrected chi connectivity index (χ4v) is 1.04. The third-order valence-corrected chi connectivity index (χ3v) is 1.71. The lowest BCUT2D eigenvalue weighted by molar-refractivity contribution is -0.140. The Morgan fingerprint density at radius 1 is 1.11 bits per heavy atom. The van der Waals surface area contributed by atoms with E-state index in [0.29, 0.717) is 4.90 Å². The Kier molecular flexibility index (Phi) is 7.61. The van der Waals surface area contributed by atoms with Gasteiger partial charge in [-0.15, -0.1) is 0 Å². The molecule has 108 valence electrons. The maximum atomic E-state index is 11.5. The van der Waals surface area contributed by atoms with Crippen LogP contribution >= 0.6 is 0 Å². The van der Waals surface area contributed by atoms with E-state index in [1.807, 2.05) is 0 Å². The normalized spacial score (nSPS) is 9.68. The number of primary amides is 1. The molecule has 0 radical (unpaired) electrons. The van der Waals surface area contributed by atoms with Crippen molar-refractivity contribution in [1.29, 1.82) is 0 Å². The van der Waals surface area contributed by atoms with Gasteiger partial charge in [-0.25, -0.2) is 4.79 Å². The van der Waals surface area contributed by atoms with Crippen molar-refractivity contribution in [2.24, 2.45) is 5.73 Å². The number of nitrogens with two attached hydrogens (primary N) is 1. The molecule has 3 amide bonds. The molecule has 0 aliphatic heterocycles. The van der Waals surface area contributed by atoms with Crippen LogP contribution in [0.1, 0.15) is 0 Å². The average Bonchev–Trinajstić information content (AvgIpc) is 2.25. The highest BCUT2D eigenvalue weighted by atomic mass is 16.5. The zero-order valence-corrected chi connectivity index (χ0v) is 10.00. The van der Waals surface area contributed by atoms with Crippen molar-refractivity contribution in [2.45, 2.75) is 0 Å². The average molecular weight is 277 g/mol. The number of hydrogen-bond donors (Lipinski definition) is 4. The molecule has 0 saturated carbocycles. The molecule has 10 heteroatoms. The number of amides is 3. The second-order valence-corrected chi connectivity index (χ2v) is 3.39. The lowest BCUT2D eigenvalue weighted by Gasteiger charge is -2.18.